The van der Waals surface area contributed by atoms with Crippen LogP contribution < -0.4 is 5.73 Å². The number of benzene rings is 2. The molecule has 2 aromatic rings. The van der Waals surface area contributed by atoms with Crippen molar-refractivity contribution in [2.45, 2.75) is 13.3 Å². The molecule has 2 rings (SSSR count). The lowest BCUT2D eigenvalue weighted by Crippen LogP contribution is -1.83. The average molecular weight is 221 g/mol. The lowest BCUT2D eigenvalue weighted by molar-refractivity contribution is 1.14. The highest BCUT2D eigenvalue weighted by atomic mass is 14.5. The van der Waals surface area contributed by atoms with Crippen molar-refractivity contribution in [2.75, 3.05) is 5.73 Å². The Hall–Kier alpha value is -2.20. The van der Waals surface area contributed by atoms with Crippen molar-refractivity contribution in [3.63, 3.8) is 0 Å². The molecule has 2 N–H and O–H groups in total. The van der Waals surface area contributed by atoms with Crippen LogP contribution in [-0.2, 0) is 6.42 Å². The van der Waals surface area contributed by atoms with Crippen LogP contribution in [0.4, 0.5) is 5.69 Å². The number of hydrogen-bond acceptors (Lipinski definition) is 1. The van der Waals surface area contributed by atoms with Gasteiger partial charge in [0.05, 0.1) is 0 Å². The van der Waals surface area contributed by atoms with Gasteiger partial charge in [-0.1, -0.05) is 30.9 Å². The number of aryl methyl sites for hydroxylation is 1. The zero-order valence-corrected chi connectivity index (χ0v) is 9.90. The minimum Gasteiger partial charge on any atom is -0.399 e. The third-order valence-electron chi connectivity index (χ3n) is 2.62. The maximum atomic E-state index is 5.62. The predicted molar refractivity (Wildman–Crippen MR) is 72.7 cm³/mol. The summed E-state index contributed by atoms with van der Waals surface area (Å²) >= 11 is 0. The van der Waals surface area contributed by atoms with Crippen molar-refractivity contribution in [3.05, 3.63) is 65.2 Å². The molecule has 0 radical (unpaired) electrons. The van der Waals surface area contributed by atoms with E-state index >= 15 is 0 Å². The fourth-order valence-electron chi connectivity index (χ4n) is 1.53. The van der Waals surface area contributed by atoms with E-state index in [9.17, 15) is 0 Å². The number of nitrogens with two attached hydrogens (primary N) is 1. The van der Waals surface area contributed by atoms with E-state index in [0.717, 1.165) is 23.2 Å². The fraction of sp³-hybridized carbons (Fsp3) is 0.125. The Labute approximate surface area is 102 Å². The highest BCUT2D eigenvalue weighted by Gasteiger charge is 1.90. The van der Waals surface area contributed by atoms with Gasteiger partial charge in [0.25, 0.3) is 0 Å². The van der Waals surface area contributed by atoms with Crippen LogP contribution in [0.1, 0.15) is 23.6 Å². The molecule has 0 saturated heterocycles. The summed E-state index contributed by atoms with van der Waals surface area (Å²) in [6.45, 7) is 2.15. The van der Waals surface area contributed by atoms with Crippen LogP contribution in [0.5, 0.6) is 0 Å². The van der Waals surface area contributed by atoms with E-state index in [1.807, 2.05) is 24.3 Å². The number of nitrogen functional groups attached to an aromatic ring is 1. The average Bonchev–Trinajstić information content (AvgIpc) is 2.39. The van der Waals surface area contributed by atoms with Crippen molar-refractivity contribution in [3.8, 4) is 11.8 Å². The van der Waals surface area contributed by atoms with Crippen LogP contribution in [0.25, 0.3) is 0 Å². The second-order valence-electron chi connectivity index (χ2n) is 3.92. The van der Waals surface area contributed by atoms with Gasteiger partial charge in [0.15, 0.2) is 0 Å². The molecule has 0 spiro atoms. The molecule has 2 aromatic carbocycles. The monoisotopic (exact) mass is 221 g/mol. The summed E-state index contributed by atoms with van der Waals surface area (Å²) in [6, 6.07) is 16.0. The molecule has 1 nitrogen and oxygen atoms in total. The molecular formula is C16H15N. The summed E-state index contributed by atoms with van der Waals surface area (Å²) in [7, 11) is 0. The Kier molecular flexibility index (Phi) is 3.47. The first kappa shape index (κ1) is 11.3. The first-order valence-electron chi connectivity index (χ1n) is 5.74. The maximum Gasteiger partial charge on any atom is 0.0314 e. The van der Waals surface area contributed by atoms with Crippen LogP contribution in [0.15, 0.2) is 48.5 Å². The quantitative estimate of drug-likeness (QED) is 0.580. The maximum absolute atomic E-state index is 5.62. The van der Waals surface area contributed by atoms with Crippen molar-refractivity contribution >= 4 is 5.69 Å². The Morgan fingerprint density at radius 3 is 1.76 bits per heavy atom. The van der Waals surface area contributed by atoms with E-state index in [2.05, 4.69) is 43.0 Å². The Morgan fingerprint density at radius 1 is 0.824 bits per heavy atom. The number of rotatable bonds is 1. The molecular weight excluding hydrogens is 206 g/mol. The van der Waals surface area contributed by atoms with E-state index in [-0.39, 0.29) is 0 Å². The van der Waals surface area contributed by atoms with Gasteiger partial charge in [-0.15, -0.1) is 0 Å². The van der Waals surface area contributed by atoms with E-state index < -0.39 is 0 Å². The zero-order valence-electron chi connectivity index (χ0n) is 9.90. The third kappa shape index (κ3) is 3.12. The van der Waals surface area contributed by atoms with Crippen LogP contribution in [0, 0.1) is 11.8 Å². The van der Waals surface area contributed by atoms with Gasteiger partial charge < -0.3 is 5.73 Å². The molecule has 0 aliphatic rings. The minimum absolute atomic E-state index is 0.767. The van der Waals surface area contributed by atoms with Crippen LogP contribution in [0.2, 0.25) is 0 Å². The minimum atomic E-state index is 0.767. The first-order chi connectivity index (χ1) is 8.28. The normalized spacial score (nSPS) is 9.47. The molecule has 0 aliphatic heterocycles. The molecule has 0 unspecified atom stereocenters. The van der Waals surface area contributed by atoms with Gasteiger partial charge >= 0.3 is 0 Å². The van der Waals surface area contributed by atoms with Crippen LogP contribution in [-0.4, -0.2) is 0 Å². The molecule has 0 aliphatic carbocycles. The Balaban J connectivity index is 2.17. The summed E-state index contributed by atoms with van der Waals surface area (Å²) in [5.74, 6) is 6.26. The summed E-state index contributed by atoms with van der Waals surface area (Å²) in [6.07, 6.45) is 1.06. The summed E-state index contributed by atoms with van der Waals surface area (Å²) in [5, 5.41) is 0. The number of anilines is 1. The Morgan fingerprint density at radius 2 is 1.29 bits per heavy atom. The van der Waals surface area contributed by atoms with Crippen molar-refractivity contribution < 1.29 is 0 Å². The zero-order chi connectivity index (χ0) is 12.1. The summed E-state index contributed by atoms with van der Waals surface area (Å²) in [4.78, 5) is 0. The predicted octanol–water partition coefficient (Wildman–Crippen LogP) is 3.23. The van der Waals surface area contributed by atoms with Crippen LogP contribution >= 0.6 is 0 Å². The SMILES string of the molecule is CCc1ccc(C#Cc2ccc(N)cc2)cc1. The highest BCUT2D eigenvalue weighted by molar-refractivity contribution is 5.47. The lowest BCUT2D eigenvalue weighted by Gasteiger charge is -1.95. The standard InChI is InChI=1S/C16H15N/c1-2-13-3-5-14(6-4-13)7-8-15-9-11-16(17)12-10-15/h3-6,9-12H,2,17H2,1H3. The summed E-state index contributed by atoms with van der Waals surface area (Å²) < 4.78 is 0. The van der Waals surface area contributed by atoms with Crippen molar-refractivity contribution in [1.82, 2.24) is 0 Å². The molecule has 0 heterocycles. The third-order valence-corrected chi connectivity index (χ3v) is 2.62. The van der Waals surface area contributed by atoms with E-state index in [1.165, 1.54) is 5.56 Å². The van der Waals surface area contributed by atoms with Crippen molar-refractivity contribution in [1.29, 1.82) is 0 Å². The van der Waals surface area contributed by atoms with Gasteiger partial charge in [-0.05, 0) is 48.4 Å². The van der Waals surface area contributed by atoms with E-state index in [4.69, 9.17) is 5.73 Å². The molecule has 84 valence electrons. The van der Waals surface area contributed by atoms with Gasteiger partial charge in [-0.25, -0.2) is 0 Å². The molecule has 0 amide bonds. The topological polar surface area (TPSA) is 26.0 Å². The van der Waals surface area contributed by atoms with E-state index in [0.29, 0.717) is 0 Å². The van der Waals surface area contributed by atoms with E-state index in [1.54, 1.807) is 0 Å². The largest absolute Gasteiger partial charge is 0.399 e. The van der Waals surface area contributed by atoms with Crippen LogP contribution in [0.3, 0.4) is 0 Å². The highest BCUT2D eigenvalue weighted by Crippen LogP contribution is 2.06. The molecule has 17 heavy (non-hydrogen) atoms. The second-order valence-corrected chi connectivity index (χ2v) is 3.92. The molecule has 0 bridgehead atoms. The molecule has 0 saturated carbocycles. The van der Waals surface area contributed by atoms with Gasteiger partial charge in [-0.2, -0.15) is 0 Å². The first-order valence-corrected chi connectivity index (χ1v) is 5.74. The fourth-order valence-corrected chi connectivity index (χ4v) is 1.53. The van der Waals surface area contributed by atoms with Crippen molar-refractivity contribution in [2.24, 2.45) is 0 Å². The number of hydrogen-bond donors (Lipinski definition) is 1. The molecule has 1 heteroatoms. The van der Waals surface area contributed by atoms with Gasteiger partial charge in [0, 0.05) is 16.8 Å². The molecule has 0 fully saturated rings. The lowest BCUT2D eigenvalue weighted by atomic mass is 10.1. The summed E-state index contributed by atoms with van der Waals surface area (Å²) in [5.41, 5.74) is 9.75. The molecule has 0 atom stereocenters. The second kappa shape index (κ2) is 5.23. The van der Waals surface area contributed by atoms with Gasteiger partial charge in [0.1, 0.15) is 0 Å². The van der Waals surface area contributed by atoms with Gasteiger partial charge in [-0.3, -0.25) is 0 Å². The van der Waals surface area contributed by atoms with Gasteiger partial charge in [0.2, 0.25) is 0 Å². The smallest absolute Gasteiger partial charge is 0.0314 e. The Bertz CT molecular complexity index is 539. The molecule has 0 aromatic heterocycles.